The lowest BCUT2D eigenvalue weighted by molar-refractivity contribution is -0.00566. The Kier molecular flexibility index (Phi) is 6.40. The van der Waals surface area contributed by atoms with Crippen molar-refractivity contribution in [1.82, 2.24) is 4.90 Å². The second-order valence-electron chi connectivity index (χ2n) is 3.78. The summed E-state index contributed by atoms with van der Waals surface area (Å²) in [5, 5.41) is 0. The molecule has 0 aromatic rings. The van der Waals surface area contributed by atoms with E-state index in [1.165, 1.54) is 19.4 Å². The first-order valence-corrected chi connectivity index (χ1v) is 5.97. The summed E-state index contributed by atoms with van der Waals surface area (Å²) in [4.78, 5) is 2.50. The molecule has 0 amide bonds. The fraction of sp³-hybridized carbons (Fsp3) is 1.00. The second-order valence-corrected chi connectivity index (χ2v) is 3.78. The third kappa shape index (κ3) is 2.98. The molecule has 1 saturated carbocycles. The number of piperidine rings is 2. The second kappa shape index (κ2) is 6.42. The third-order valence-corrected chi connectivity index (χ3v) is 3.20. The first-order valence-electron chi connectivity index (χ1n) is 5.97. The van der Waals surface area contributed by atoms with E-state index in [2.05, 4.69) is 18.9 Å². The van der Waals surface area contributed by atoms with Crippen LogP contribution in [-0.2, 0) is 0 Å². The smallest absolute Gasteiger partial charge is 0.00924 e. The van der Waals surface area contributed by atoms with E-state index in [1.54, 1.807) is 0 Å². The van der Waals surface area contributed by atoms with Gasteiger partial charge in [-0.05, 0) is 38.6 Å². The molecule has 0 aromatic heterocycles. The Labute approximate surface area is 84.5 Å². The predicted octanol–water partition coefficient (Wildman–Crippen LogP) is 3.40. The van der Waals surface area contributed by atoms with Crippen LogP contribution in [0.15, 0.2) is 0 Å². The van der Waals surface area contributed by atoms with Crippen LogP contribution in [0, 0.1) is 11.8 Å². The van der Waals surface area contributed by atoms with E-state index in [0.29, 0.717) is 0 Å². The molecule has 3 rings (SSSR count). The van der Waals surface area contributed by atoms with Gasteiger partial charge in [0.25, 0.3) is 0 Å². The maximum absolute atomic E-state index is 2.50. The Bertz CT molecular complexity index is 114. The van der Waals surface area contributed by atoms with Gasteiger partial charge in [0.2, 0.25) is 0 Å². The molecule has 2 aliphatic heterocycles. The zero-order valence-electron chi connectivity index (χ0n) is 10.3. The third-order valence-electron chi connectivity index (χ3n) is 3.20. The molecule has 80 valence electrons. The average molecular weight is 185 g/mol. The first kappa shape index (κ1) is 13.0. The minimum Gasteiger partial charge on any atom is -0.303 e. The predicted molar refractivity (Wildman–Crippen MR) is 61.0 cm³/mol. The van der Waals surface area contributed by atoms with Crippen LogP contribution in [0.1, 0.15) is 47.5 Å². The van der Waals surface area contributed by atoms with Crippen molar-refractivity contribution in [2.24, 2.45) is 11.8 Å². The largest absolute Gasteiger partial charge is 0.303 e. The van der Waals surface area contributed by atoms with Gasteiger partial charge in [-0.15, -0.1) is 0 Å². The van der Waals surface area contributed by atoms with Crippen molar-refractivity contribution in [1.29, 1.82) is 0 Å². The van der Waals surface area contributed by atoms with E-state index in [9.17, 15) is 0 Å². The molecule has 13 heavy (non-hydrogen) atoms. The van der Waals surface area contributed by atoms with Gasteiger partial charge in [0.05, 0.1) is 0 Å². The molecule has 2 heterocycles. The van der Waals surface area contributed by atoms with Crippen molar-refractivity contribution in [2.75, 3.05) is 13.6 Å². The van der Waals surface area contributed by atoms with Gasteiger partial charge >= 0.3 is 0 Å². The van der Waals surface area contributed by atoms with Gasteiger partial charge in [0.1, 0.15) is 0 Å². The van der Waals surface area contributed by atoms with Crippen LogP contribution < -0.4 is 0 Å². The standard InChI is InChI=1S/C8H15N.2C2H6/c1-6-8-3-7(4-8)5-9(6)2;2*1-2/h6-8H,3-5H2,1-2H3;2*1-2H3. The highest BCUT2D eigenvalue weighted by molar-refractivity contribution is 4.93. The maximum atomic E-state index is 2.50. The molecular weight excluding hydrogens is 158 g/mol. The fourth-order valence-corrected chi connectivity index (χ4v) is 2.26. The molecule has 0 spiro atoms. The Morgan fingerprint density at radius 2 is 1.46 bits per heavy atom. The van der Waals surface area contributed by atoms with Crippen molar-refractivity contribution < 1.29 is 0 Å². The highest BCUT2D eigenvalue weighted by atomic mass is 15.2. The number of fused-ring (bicyclic) bond motifs is 2. The first-order chi connectivity index (χ1) is 6.27. The van der Waals surface area contributed by atoms with E-state index in [0.717, 1.165) is 17.9 Å². The highest BCUT2D eigenvalue weighted by Crippen LogP contribution is 2.42. The number of hydrogen-bond donors (Lipinski definition) is 0. The molecule has 1 nitrogen and oxygen atoms in total. The summed E-state index contributed by atoms with van der Waals surface area (Å²) >= 11 is 0. The molecule has 3 fully saturated rings. The van der Waals surface area contributed by atoms with Crippen molar-refractivity contribution in [3.05, 3.63) is 0 Å². The van der Waals surface area contributed by atoms with Crippen LogP contribution in [0.3, 0.4) is 0 Å². The summed E-state index contributed by atoms with van der Waals surface area (Å²) in [6, 6.07) is 0.870. The monoisotopic (exact) mass is 185 g/mol. The fourth-order valence-electron chi connectivity index (χ4n) is 2.26. The van der Waals surface area contributed by atoms with Crippen molar-refractivity contribution in [3.63, 3.8) is 0 Å². The van der Waals surface area contributed by atoms with Gasteiger partial charge in [-0.2, -0.15) is 0 Å². The molecular formula is C12H27N. The van der Waals surface area contributed by atoms with Crippen LogP contribution in [-0.4, -0.2) is 24.5 Å². The molecule has 0 N–H and O–H groups in total. The summed E-state index contributed by atoms with van der Waals surface area (Å²) in [7, 11) is 2.25. The minimum atomic E-state index is 0.870. The van der Waals surface area contributed by atoms with E-state index in [-0.39, 0.29) is 0 Å². The normalized spacial score (nSPS) is 36.0. The molecule has 0 aromatic carbocycles. The molecule has 0 radical (unpaired) electrons. The Morgan fingerprint density at radius 3 is 1.69 bits per heavy atom. The molecule has 1 atom stereocenters. The van der Waals surface area contributed by atoms with Crippen LogP contribution in [0.2, 0.25) is 0 Å². The maximum Gasteiger partial charge on any atom is 0.00924 e. The van der Waals surface area contributed by atoms with Crippen LogP contribution in [0.25, 0.3) is 0 Å². The molecule has 2 saturated heterocycles. The Balaban J connectivity index is 0.000000322. The summed E-state index contributed by atoms with van der Waals surface area (Å²) in [5.41, 5.74) is 0. The lowest BCUT2D eigenvalue weighted by Crippen LogP contribution is -2.52. The summed E-state index contributed by atoms with van der Waals surface area (Å²) in [6.45, 7) is 11.7. The van der Waals surface area contributed by atoms with E-state index in [4.69, 9.17) is 0 Å². The number of rotatable bonds is 0. The van der Waals surface area contributed by atoms with Crippen molar-refractivity contribution >= 4 is 0 Å². The van der Waals surface area contributed by atoms with Gasteiger partial charge in [-0.3, -0.25) is 0 Å². The quantitative estimate of drug-likeness (QED) is 0.559. The van der Waals surface area contributed by atoms with Crippen LogP contribution in [0.5, 0.6) is 0 Å². The van der Waals surface area contributed by atoms with Gasteiger partial charge in [-0.25, -0.2) is 0 Å². The van der Waals surface area contributed by atoms with Crippen molar-refractivity contribution in [2.45, 2.75) is 53.5 Å². The Hall–Kier alpha value is -0.0400. The van der Waals surface area contributed by atoms with Crippen LogP contribution >= 0.6 is 0 Å². The number of nitrogens with zero attached hydrogens (tertiary/aromatic N) is 1. The van der Waals surface area contributed by atoms with E-state index in [1.807, 2.05) is 27.7 Å². The summed E-state index contributed by atoms with van der Waals surface area (Å²) in [5.74, 6) is 2.12. The van der Waals surface area contributed by atoms with Gasteiger partial charge < -0.3 is 4.90 Å². The molecule has 3 aliphatic rings. The zero-order chi connectivity index (χ0) is 10.4. The molecule has 1 unspecified atom stereocenters. The Morgan fingerprint density at radius 1 is 1.00 bits per heavy atom. The molecule has 1 heteroatoms. The van der Waals surface area contributed by atoms with Gasteiger partial charge in [-0.1, -0.05) is 27.7 Å². The molecule has 2 bridgehead atoms. The van der Waals surface area contributed by atoms with E-state index < -0.39 is 0 Å². The zero-order valence-corrected chi connectivity index (χ0v) is 10.3. The SMILES string of the molecule is CC.CC.CC1C2CC(C2)CN1C. The lowest BCUT2D eigenvalue weighted by atomic mass is 9.67. The number of hydrogen-bond acceptors (Lipinski definition) is 1. The highest BCUT2D eigenvalue weighted by Gasteiger charge is 2.40. The lowest BCUT2D eigenvalue weighted by Gasteiger charge is -2.50. The van der Waals surface area contributed by atoms with Gasteiger partial charge in [0, 0.05) is 12.6 Å². The van der Waals surface area contributed by atoms with Crippen molar-refractivity contribution in [3.8, 4) is 0 Å². The summed E-state index contributed by atoms with van der Waals surface area (Å²) in [6.07, 6.45) is 3.04. The van der Waals surface area contributed by atoms with E-state index >= 15 is 0 Å². The topological polar surface area (TPSA) is 3.24 Å². The summed E-state index contributed by atoms with van der Waals surface area (Å²) < 4.78 is 0. The van der Waals surface area contributed by atoms with Gasteiger partial charge in [0.15, 0.2) is 0 Å². The molecule has 1 aliphatic carbocycles. The van der Waals surface area contributed by atoms with Crippen LogP contribution in [0.4, 0.5) is 0 Å². The minimum absolute atomic E-state index is 0.870. The average Bonchev–Trinajstić information content (AvgIpc) is 2.14.